The van der Waals surface area contributed by atoms with Gasteiger partial charge in [-0.1, -0.05) is 35.3 Å². The number of anilines is 2. The van der Waals surface area contributed by atoms with Gasteiger partial charge in [0.1, 0.15) is 5.82 Å². The number of aromatic nitrogens is 3. The van der Waals surface area contributed by atoms with Gasteiger partial charge < -0.3 is 31.1 Å². The minimum atomic E-state index is -0.562. The van der Waals surface area contributed by atoms with E-state index in [1.807, 2.05) is 0 Å². The number of aliphatic hydroxyl groups excluding tert-OH is 1. The standard InChI is InChI=1S/C31H31Cl2F2N7O3/c1-45-31-21(16-37-15-18-5-6-25(44)40-18)22(34)13-24(42-31)19-8-10-38-29(27(19)33)20-3-2-4-23(26(20)32)41-30-28(35)17(7-9-39-30)14-36-11-12-43/h2-4,7-10,13,18,36-37,43H,5-6,11-12,14-16H2,1H3,(H,39,41)(H,40,44). The molecule has 0 radical (unpaired) electrons. The van der Waals surface area contributed by atoms with Crippen LogP contribution < -0.4 is 26.0 Å². The van der Waals surface area contributed by atoms with Crippen LogP contribution in [0, 0.1) is 11.6 Å². The number of halogens is 4. The third kappa shape index (κ3) is 7.48. The van der Waals surface area contributed by atoms with Gasteiger partial charge in [-0.2, -0.15) is 0 Å². The summed E-state index contributed by atoms with van der Waals surface area (Å²) < 4.78 is 36.0. The smallest absolute Gasteiger partial charge is 0.221 e. The van der Waals surface area contributed by atoms with Gasteiger partial charge in [0.2, 0.25) is 11.8 Å². The van der Waals surface area contributed by atoms with Crippen LogP contribution in [0.25, 0.3) is 22.5 Å². The number of nitrogens with one attached hydrogen (secondary N) is 4. The highest BCUT2D eigenvalue weighted by molar-refractivity contribution is 6.39. The summed E-state index contributed by atoms with van der Waals surface area (Å²) in [4.78, 5) is 24.5. The number of carbonyl (C=O) groups excluding carboxylic acids is 1. The number of benzene rings is 1. The first-order valence-electron chi connectivity index (χ1n) is 14.2. The molecule has 1 atom stereocenters. The summed E-state index contributed by atoms with van der Waals surface area (Å²) >= 11 is 13.6. The molecule has 3 aromatic heterocycles. The van der Waals surface area contributed by atoms with Gasteiger partial charge in [0.15, 0.2) is 11.6 Å². The van der Waals surface area contributed by atoms with Gasteiger partial charge in [-0.25, -0.2) is 18.7 Å². The van der Waals surface area contributed by atoms with Crippen molar-refractivity contribution in [3.63, 3.8) is 0 Å². The van der Waals surface area contributed by atoms with Crippen LogP contribution >= 0.6 is 23.2 Å². The molecule has 14 heteroatoms. The summed E-state index contributed by atoms with van der Waals surface area (Å²) in [5.74, 6) is -1.03. The van der Waals surface area contributed by atoms with Crippen molar-refractivity contribution in [2.75, 3.05) is 32.1 Å². The number of pyridine rings is 3. The second-order valence-corrected chi connectivity index (χ2v) is 11.0. The predicted molar refractivity (Wildman–Crippen MR) is 169 cm³/mol. The van der Waals surface area contributed by atoms with Gasteiger partial charge in [-0.15, -0.1) is 0 Å². The molecule has 236 valence electrons. The topological polar surface area (TPSA) is 133 Å². The molecule has 1 aromatic carbocycles. The van der Waals surface area contributed by atoms with E-state index in [9.17, 15) is 4.79 Å². The van der Waals surface area contributed by atoms with Gasteiger partial charge in [0, 0.05) is 73.8 Å². The summed E-state index contributed by atoms with van der Waals surface area (Å²) in [7, 11) is 1.41. The van der Waals surface area contributed by atoms with E-state index in [1.54, 1.807) is 30.3 Å². The van der Waals surface area contributed by atoms with Crippen LogP contribution in [0.1, 0.15) is 24.0 Å². The van der Waals surface area contributed by atoms with E-state index in [2.05, 4.69) is 36.2 Å². The third-order valence-corrected chi connectivity index (χ3v) is 8.04. The van der Waals surface area contributed by atoms with Crippen LogP contribution in [0.5, 0.6) is 5.88 Å². The summed E-state index contributed by atoms with van der Waals surface area (Å²) in [6.07, 6.45) is 4.18. The molecule has 0 aliphatic carbocycles. The number of nitrogens with zero attached hydrogens (tertiary/aromatic N) is 3. The lowest BCUT2D eigenvalue weighted by Gasteiger charge is -2.16. The average molecular weight is 659 g/mol. The fourth-order valence-corrected chi connectivity index (χ4v) is 5.54. The molecule has 0 bridgehead atoms. The fourth-order valence-electron chi connectivity index (χ4n) is 4.96. The lowest BCUT2D eigenvalue weighted by molar-refractivity contribution is -0.119. The third-order valence-electron chi connectivity index (χ3n) is 7.25. The van der Waals surface area contributed by atoms with Gasteiger partial charge >= 0.3 is 0 Å². The number of hydrogen-bond donors (Lipinski definition) is 5. The summed E-state index contributed by atoms with van der Waals surface area (Å²) in [6.45, 7) is 1.10. The Morgan fingerprint density at radius 2 is 1.89 bits per heavy atom. The minimum Gasteiger partial charge on any atom is -0.481 e. The second-order valence-electron chi connectivity index (χ2n) is 10.3. The number of hydrogen-bond acceptors (Lipinski definition) is 9. The minimum absolute atomic E-state index is 0.00602. The Morgan fingerprint density at radius 3 is 2.64 bits per heavy atom. The van der Waals surface area contributed by atoms with Gasteiger partial charge in [0.05, 0.1) is 46.4 Å². The SMILES string of the molecule is COc1nc(-c2ccnc(-c3cccc(Nc4nccc(CNCCO)c4F)c3Cl)c2Cl)cc(F)c1CNCC1CCC(=O)N1. The Labute approximate surface area is 268 Å². The first kappa shape index (κ1) is 32.5. The van der Waals surface area contributed by atoms with E-state index >= 15 is 8.78 Å². The van der Waals surface area contributed by atoms with Crippen LogP contribution in [0.3, 0.4) is 0 Å². The quantitative estimate of drug-likeness (QED) is 0.126. The molecule has 0 spiro atoms. The maximum atomic E-state index is 15.4. The number of methoxy groups -OCH3 is 1. The molecule has 5 rings (SSSR count). The highest BCUT2D eigenvalue weighted by Crippen LogP contribution is 2.41. The van der Waals surface area contributed by atoms with Crippen LogP contribution in [-0.4, -0.2) is 58.8 Å². The Hall–Kier alpha value is -3.94. The maximum absolute atomic E-state index is 15.4. The number of ether oxygens (including phenoxy) is 1. The van der Waals surface area contributed by atoms with E-state index in [1.165, 1.54) is 25.6 Å². The van der Waals surface area contributed by atoms with Gasteiger partial charge in [-0.05, 0) is 24.6 Å². The molecular weight excluding hydrogens is 627 g/mol. The number of amides is 1. The Morgan fingerprint density at radius 1 is 1.07 bits per heavy atom. The largest absolute Gasteiger partial charge is 0.481 e. The van der Waals surface area contributed by atoms with Crippen molar-refractivity contribution in [2.24, 2.45) is 0 Å². The molecule has 1 saturated heterocycles. The van der Waals surface area contributed by atoms with E-state index in [0.29, 0.717) is 47.6 Å². The van der Waals surface area contributed by atoms with Crippen molar-refractivity contribution in [3.8, 4) is 28.4 Å². The zero-order valence-electron chi connectivity index (χ0n) is 24.3. The maximum Gasteiger partial charge on any atom is 0.221 e. The van der Waals surface area contributed by atoms with Gasteiger partial charge in [0.25, 0.3) is 0 Å². The van der Waals surface area contributed by atoms with Crippen LogP contribution in [0.4, 0.5) is 20.3 Å². The Bertz CT molecular complexity index is 1700. The molecule has 1 aliphatic heterocycles. The predicted octanol–water partition coefficient (Wildman–Crippen LogP) is 4.99. The first-order valence-corrected chi connectivity index (χ1v) is 15.0. The van der Waals surface area contributed by atoms with Crippen LogP contribution in [0.15, 0.2) is 48.8 Å². The fraction of sp³-hybridized carbons (Fsp3) is 0.290. The summed E-state index contributed by atoms with van der Waals surface area (Å²) in [6, 6.07) is 9.51. The van der Waals surface area contributed by atoms with E-state index in [0.717, 1.165) is 6.42 Å². The summed E-state index contributed by atoms with van der Waals surface area (Å²) in [5.41, 5.74) is 2.36. The molecule has 0 saturated carbocycles. The number of rotatable bonds is 13. The van der Waals surface area contributed by atoms with Crippen molar-refractivity contribution < 1.29 is 23.4 Å². The second kappa shape index (κ2) is 14.9. The first-order chi connectivity index (χ1) is 21.8. The molecule has 1 amide bonds. The molecule has 5 N–H and O–H groups in total. The molecule has 4 aromatic rings. The Balaban J connectivity index is 1.40. The molecule has 1 unspecified atom stereocenters. The normalized spacial score (nSPS) is 14.4. The van der Waals surface area contributed by atoms with Gasteiger partial charge in [-0.3, -0.25) is 9.78 Å². The van der Waals surface area contributed by atoms with Crippen molar-refractivity contribution in [1.29, 1.82) is 0 Å². The number of carbonyl (C=O) groups is 1. The van der Waals surface area contributed by atoms with Crippen molar-refractivity contribution in [1.82, 2.24) is 30.9 Å². The van der Waals surface area contributed by atoms with Crippen molar-refractivity contribution in [3.05, 3.63) is 81.6 Å². The highest BCUT2D eigenvalue weighted by Gasteiger charge is 2.23. The number of aliphatic hydroxyl groups is 1. The monoisotopic (exact) mass is 657 g/mol. The highest BCUT2D eigenvalue weighted by atomic mass is 35.5. The molecule has 1 aliphatic rings. The summed E-state index contributed by atoms with van der Waals surface area (Å²) in [5, 5.41) is 21.3. The van der Waals surface area contributed by atoms with Crippen molar-refractivity contribution >= 4 is 40.6 Å². The molecule has 45 heavy (non-hydrogen) atoms. The van der Waals surface area contributed by atoms with E-state index in [4.69, 9.17) is 33.0 Å². The Kier molecular flexibility index (Phi) is 10.7. The van der Waals surface area contributed by atoms with E-state index in [-0.39, 0.29) is 64.6 Å². The lowest BCUT2D eigenvalue weighted by Crippen LogP contribution is -2.35. The molecule has 10 nitrogen and oxygen atoms in total. The molecule has 1 fully saturated rings. The van der Waals surface area contributed by atoms with Crippen molar-refractivity contribution in [2.45, 2.75) is 32.0 Å². The zero-order valence-corrected chi connectivity index (χ0v) is 25.8. The lowest BCUT2D eigenvalue weighted by atomic mass is 10.0. The van der Waals surface area contributed by atoms with Crippen LogP contribution in [-0.2, 0) is 17.9 Å². The average Bonchev–Trinajstić information content (AvgIpc) is 3.45. The molecular formula is C31H31Cl2F2N7O3. The zero-order chi connectivity index (χ0) is 31.9. The van der Waals surface area contributed by atoms with E-state index < -0.39 is 11.6 Å². The molecule has 4 heterocycles. The van der Waals surface area contributed by atoms with Crippen LogP contribution in [0.2, 0.25) is 10.0 Å².